The van der Waals surface area contributed by atoms with Crippen molar-refractivity contribution in [3.05, 3.63) is 52.6 Å². The topological polar surface area (TPSA) is 76.8 Å². The number of hydrogen-bond acceptors (Lipinski definition) is 5. The molecule has 0 radical (unpaired) electrons. The first-order chi connectivity index (χ1) is 10.3. The molecule has 1 aromatic carbocycles. The number of hydrogen-bond donors (Lipinski definition) is 2. The third-order valence-electron chi connectivity index (χ3n) is 3.34. The summed E-state index contributed by atoms with van der Waals surface area (Å²) >= 11 is 1.61. The molecule has 21 heavy (non-hydrogen) atoms. The van der Waals surface area contributed by atoms with Gasteiger partial charge in [-0.1, -0.05) is 0 Å². The molecule has 0 fully saturated rings. The number of benzene rings is 1. The van der Waals surface area contributed by atoms with E-state index >= 15 is 0 Å². The largest absolute Gasteiger partial charge is 0.497 e. The molecule has 0 saturated heterocycles. The second-order valence-corrected chi connectivity index (χ2v) is 5.52. The maximum absolute atomic E-state index is 5.88. The molecule has 108 valence electrons. The molecule has 0 aliphatic carbocycles. The highest BCUT2D eigenvalue weighted by atomic mass is 32.1. The average molecular weight is 300 g/mol. The van der Waals surface area contributed by atoms with Gasteiger partial charge in [0.05, 0.1) is 18.7 Å². The number of methoxy groups -OCH3 is 1. The lowest BCUT2D eigenvalue weighted by atomic mass is 10.1. The Balaban J connectivity index is 1.88. The van der Waals surface area contributed by atoms with Gasteiger partial charge in [0.15, 0.2) is 0 Å². The summed E-state index contributed by atoms with van der Waals surface area (Å²) < 4.78 is 5.16. The number of nitrogens with zero attached hydrogens (tertiary/aromatic N) is 2. The van der Waals surface area contributed by atoms with Crippen LogP contribution in [-0.2, 0) is 0 Å². The van der Waals surface area contributed by atoms with Gasteiger partial charge in [-0.05, 0) is 30.3 Å². The number of aromatic amines is 1. The predicted octanol–water partition coefficient (Wildman–Crippen LogP) is 2.63. The van der Waals surface area contributed by atoms with E-state index in [0.717, 1.165) is 27.7 Å². The highest BCUT2D eigenvalue weighted by Crippen LogP contribution is 2.27. The SMILES string of the molecule is COc1ccc(-c2cc(C(CN)c3nccs3)[nH]n2)cc1. The van der Waals surface area contributed by atoms with E-state index in [1.165, 1.54) is 0 Å². The highest BCUT2D eigenvalue weighted by Gasteiger charge is 2.18. The number of thiazole rings is 1. The first-order valence-electron chi connectivity index (χ1n) is 6.61. The Morgan fingerprint density at radius 1 is 1.33 bits per heavy atom. The van der Waals surface area contributed by atoms with Crippen molar-refractivity contribution in [1.29, 1.82) is 0 Å². The van der Waals surface area contributed by atoms with Gasteiger partial charge in [-0.2, -0.15) is 5.10 Å². The number of rotatable bonds is 5. The first-order valence-corrected chi connectivity index (χ1v) is 7.49. The van der Waals surface area contributed by atoms with Gasteiger partial charge in [-0.3, -0.25) is 5.10 Å². The average Bonchev–Trinajstić information content (AvgIpc) is 3.20. The van der Waals surface area contributed by atoms with Crippen molar-refractivity contribution in [2.24, 2.45) is 5.73 Å². The predicted molar refractivity (Wildman–Crippen MR) is 83.6 cm³/mol. The van der Waals surface area contributed by atoms with Crippen LogP contribution in [0.1, 0.15) is 16.6 Å². The molecule has 0 bridgehead atoms. The number of nitrogens with two attached hydrogens (primary N) is 1. The van der Waals surface area contributed by atoms with Gasteiger partial charge >= 0.3 is 0 Å². The van der Waals surface area contributed by atoms with E-state index in [0.29, 0.717) is 6.54 Å². The standard InChI is InChI=1S/C15H16N4OS/c1-20-11-4-2-10(3-5-11)13-8-14(19-18-13)12(9-16)15-17-6-7-21-15/h2-8,12H,9,16H2,1H3,(H,18,19). The Kier molecular flexibility index (Phi) is 3.98. The Labute approximate surface area is 126 Å². The summed E-state index contributed by atoms with van der Waals surface area (Å²) in [6, 6.07) is 9.84. The van der Waals surface area contributed by atoms with Gasteiger partial charge < -0.3 is 10.5 Å². The van der Waals surface area contributed by atoms with Crippen molar-refractivity contribution in [1.82, 2.24) is 15.2 Å². The van der Waals surface area contributed by atoms with Gasteiger partial charge in [0, 0.05) is 29.4 Å². The zero-order valence-electron chi connectivity index (χ0n) is 11.6. The quantitative estimate of drug-likeness (QED) is 0.759. The lowest BCUT2D eigenvalue weighted by Crippen LogP contribution is -2.13. The van der Waals surface area contributed by atoms with Crippen LogP contribution in [0.4, 0.5) is 0 Å². The van der Waals surface area contributed by atoms with E-state index in [1.54, 1.807) is 24.6 Å². The Hall–Kier alpha value is -2.18. The van der Waals surface area contributed by atoms with Crippen molar-refractivity contribution in [2.75, 3.05) is 13.7 Å². The summed E-state index contributed by atoms with van der Waals surface area (Å²) in [5.41, 5.74) is 8.80. The lowest BCUT2D eigenvalue weighted by molar-refractivity contribution is 0.415. The molecule has 3 N–H and O–H groups in total. The third-order valence-corrected chi connectivity index (χ3v) is 4.23. The smallest absolute Gasteiger partial charge is 0.118 e. The molecule has 0 saturated carbocycles. The number of ether oxygens (including phenoxy) is 1. The van der Waals surface area contributed by atoms with Crippen LogP contribution in [0.3, 0.4) is 0 Å². The molecular weight excluding hydrogens is 284 g/mol. The van der Waals surface area contributed by atoms with Crippen LogP contribution >= 0.6 is 11.3 Å². The van der Waals surface area contributed by atoms with Crippen molar-refractivity contribution < 1.29 is 4.74 Å². The van der Waals surface area contributed by atoms with Crippen molar-refractivity contribution >= 4 is 11.3 Å². The molecule has 0 aliphatic rings. The molecule has 2 aromatic heterocycles. The lowest BCUT2D eigenvalue weighted by Gasteiger charge is -2.08. The fourth-order valence-corrected chi connectivity index (χ4v) is 2.96. The van der Waals surface area contributed by atoms with Crippen LogP contribution in [0.5, 0.6) is 5.75 Å². The third kappa shape index (κ3) is 2.81. The van der Waals surface area contributed by atoms with E-state index < -0.39 is 0 Å². The molecular formula is C15H16N4OS. The zero-order chi connectivity index (χ0) is 14.7. The molecule has 5 nitrogen and oxygen atoms in total. The van der Waals surface area contributed by atoms with Crippen LogP contribution in [0, 0.1) is 0 Å². The highest BCUT2D eigenvalue weighted by molar-refractivity contribution is 7.09. The monoisotopic (exact) mass is 300 g/mol. The van der Waals surface area contributed by atoms with Crippen molar-refractivity contribution in [2.45, 2.75) is 5.92 Å². The summed E-state index contributed by atoms with van der Waals surface area (Å²) in [7, 11) is 1.65. The van der Waals surface area contributed by atoms with E-state index in [2.05, 4.69) is 15.2 Å². The van der Waals surface area contributed by atoms with E-state index in [-0.39, 0.29) is 5.92 Å². The number of aromatic nitrogens is 3. The van der Waals surface area contributed by atoms with Crippen molar-refractivity contribution in [3.8, 4) is 17.0 Å². The van der Waals surface area contributed by atoms with Gasteiger partial charge in [-0.15, -0.1) is 11.3 Å². The van der Waals surface area contributed by atoms with Crippen LogP contribution in [-0.4, -0.2) is 28.8 Å². The molecule has 3 rings (SSSR count). The second kappa shape index (κ2) is 6.07. The normalized spacial score (nSPS) is 12.3. The van der Waals surface area contributed by atoms with Crippen LogP contribution < -0.4 is 10.5 Å². The van der Waals surface area contributed by atoms with Gasteiger partial charge in [0.1, 0.15) is 10.8 Å². The number of nitrogens with one attached hydrogen (secondary N) is 1. The van der Waals surface area contributed by atoms with Crippen molar-refractivity contribution in [3.63, 3.8) is 0 Å². The van der Waals surface area contributed by atoms with E-state index in [9.17, 15) is 0 Å². The van der Waals surface area contributed by atoms with Crippen LogP contribution in [0.15, 0.2) is 41.9 Å². The Bertz CT molecular complexity index is 691. The molecule has 1 unspecified atom stereocenters. The molecule has 3 aromatic rings. The molecule has 2 heterocycles. The molecule has 0 aliphatic heterocycles. The summed E-state index contributed by atoms with van der Waals surface area (Å²) in [5, 5.41) is 10.4. The summed E-state index contributed by atoms with van der Waals surface area (Å²) in [4.78, 5) is 4.34. The van der Waals surface area contributed by atoms with Gasteiger partial charge in [0.25, 0.3) is 0 Å². The fraction of sp³-hybridized carbons (Fsp3) is 0.200. The number of H-pyrrole nitrogens is 1. The Morgan fingerprint density at radius 2 is 2.14 bits per heavy atom. The second-order valence-electron chi connectivity index (χ2n) is 4.60. The minimum atomic E-state index is 0.0597. The minimum absolute atomic E-state index is 0.0597. The Morgan fingerprint density at radius 3 is 2.76 bits per heavy atom. The first kappa shape index (κ1) is 13.8. The molecule has 0 amide bonds. The van der Waals surface area contributed by atoms with Gasteiger partial charge in [0.2, 0.25) is 0 Å². The zero-order valence-corrected chi connectivity index (χ0v) is 12.4. The van der Waals surface area contributed by atoms with Crippen LogP contribution in [0.2, 0.25) is 0 Å². The molecule has 0 spiro atoms. The van der Waals surface area contributed by atoms with Crippen LogP contribution in [0.25, 0.3) is 11.3 Å². The maximum Gasteiger partial charge on any atom is 0.118 e. The fourth-order valence-electron chi connectivity index (χ4n) is 2.19. The minimum Gasteiger partial charge on any atom is -0.497 e. The molecule has 6 heteroatoms. The van der Waals surface area contributed by atoms with E-state index in [4.69, 9.17) is 10.5 Å². The summed E-state index contributed by atoms with van der Waals surface area (Å²) in [6.45, 7) is 0.498. The molecule has 1 atom stereocenters. The van der Waals surface area contributed by atoms with E-state index in [1.807, 2.05) is 35.7 Å². The summed E-state index contributed by atoms with van der Waals surface area (Å²) in [6.07, 6.45) is 1.80. The van der Waals surface area contributed by atoms with Gasteiger partial charge in [-0.25, -0.2) is 4.98 Å². The maximum atomic E-state index is 5.88. The summed E-state index contributed by atoms with van der Waals surface area (Å²) in [5.74, 6) is 0.890.